The molecule has 0 aliphatic rings. The lowest BCUT2D eigenvalue weighted by molar-refractivity contribution is -0.137. The summed E-state index contributed by atoms with van der Waals surface area (Å²) >= 11 is 0. The van der Waals surface area contributed by atoms with Crippen molar-refractivity contribution < 1.29 is 14.7 Å². The van der Waals surface area contributed by atoms with E-state index in [1.165, 1.54) is 0 Å². The normalized spacial score (nSPS) is 11.8. The van der Waals surface area contributed by atoms with Crippen LogP contribution in [-0.2, 0) is 16.0 Å². The summed E-state index contributed by atoms with van der Waals surface area (Å²) in [6, 6.07) is 7.17. The topological polar surface area (TPSA) is 92.4 Å². The van der Waals surface area contributed by atoms with Crippen LogP contribution in [0.3, 0.4) is 0 Å². The van der Waals surface area contributed by atoms with E-state index in [1.807, 2.05) is 19.1 Å². The SMILES string of the molecule is CC(CCC(=O)O)CNC(=O)Cc1ccc(N)cc1. The first-order valence-electron chi connectivity index (χ1n) is 6.30. The standard InChI is InChI=1S/C14H20N2O3/c1-10(2-7-14(18)19)9-16-13(17)8-11-3-5-12(15)6-4-11/h3-6,10H,2,7-9,15H2,1H3,(H,16,17)(H,18,19). The molecule has 1 unspecified atom stereocenters. The molecule has 104 valence electrons. The predicted octanol–water partition coefficient (Wildman–Crippen LogP) is 1.43. The lowest BCUT2D eigenvalue weighted by atomic mass is 10.1. The highest BCUT2D eigenvalue weighted by atomic mass is 16.4. The molecule has 1 rings (SSSR count). The Balaban J connectivity index is 2.27. The molecule has 19 heavy (non-hydrogen) atoms. The molecule has 0 fully saturated rings. The van der Waals surface area contributed by atoms with E-state index in [1.54, 1.807) is 12.1 Å². The fraction of sp³-hybridized carbons (Fsp3) is 0.429. The van der Waals surface area contributed by atoms with Gasteiger partial charge in [-0.05, 0) is 30.0 Å². The molecule has 5 heteroatoms. The Morgan fingerprint density at radius 2 is 1.95 bits per heavy atom. The number of carbonyl (C=O) groups excluding carboxylic acids is 1. The van der Waals surface area contributed by atoms with Gasteiger partial charge in [-0.1, -0.05) is 19.1 Å². The van der Waals surface area contributed by atoms with Crippen molar-refractivity contribution in [3.63, 3.8) is 0 Å². The number of benzene rings is 1. The van der Waals surface area contributed by atoms with Gasteiger partial charge in [-0.15, -0.1) is 0 Å². The maximum absolute atomic E-state index is 11.7. The number of rotatable bonds is 7. The summed E-state index contributed by atoms with van der Waals surface area (Å²) < 4.78 is 0. The number of carbonyl (C=O) groups is 2. The number of nitrogen functional groups attached to an aromatic ring is 1. The van der Waals surface area contributed by atoms with E-state index >= 15 is 0 Å². The van der Waals surface area contributed by atoms with Gasteiger partial charge in [0.25, 0.3) is 0 Å². The average Bonchev–Trinajstić information content (AvgIpc) is 2.36. The highest BCUT2D eigenvalue weighted by Gasteiger charge is 2.08. The van der Waals surface area contributed by atoms with Crippen LogP contribution in [-0.4, -0.2) is 23.5 Å². The molecule has 1 amide bonds. The lowest BCUT2D eigenvalue weighted by Crippen LogP contribution is -2.29. The Labute approximate surface area is 112 Å². The van der Waals surface area contributed by atoms with Crippen molar-refractivity contribution in [3.8, 4) is 0 Å². The molecule has 1 aromatic carbocycles. The predicted molar refractivity (Wildman–Crippen MR) is 73.6 cm³/mol. The molecule has 0 heterocycles. The second-order valence-electron chi connectivity index (χ2n) is 4.76. The molecular weight excluding hydrogens is 244 g/mol. The maximum atomic E-state index is 11.7. The first-order chi connectivity index (χ1) is 8.97. The maximum Gasteiger partial charge on any atom is 0.303 e. The van der Waals surface area contributed by atoms with Crippen LogP contribution in [0.5, 0.6) is 0 Å². The number of carboxylic acid groups (broad SMARTS) is 1. The first-order valence-corrected chi connectivity index (χ1v) is 6.30. The molecule has 0 saturated carbocycles. The highest BCUT2D eigenvalue weighted by molar-refractivity contribution is 5.78. The third-order valence-corrected chi connectivity index (χ3v) is 2.84. The third-order valence-electron chi connectivity index (χ3n) is 2.84. The fourth-order valence-electron chi connectivity index (χ4n) is 1.64. The minimum absolute atomic E-state index is 0.0630. The van der Waals surface area contributed by atoms with Crippen LogP contribution in [0.4, 0.5) is 5.69 Å². The second-order valence-corrected chi connectivity index (χ2v) is 4.76. The van der Waals surface area contributed by atoms with Crippen molar-refractivity contribution in [2.45, 2.75) is 26.2 Å². The average molecular weight is 264 g/mol. The Bertz CT molecular complexity index is 429. The lowest BCUT2D eigenvalue weighted by Gasteiger charge is -2.11. The quantitative estimate of drug-likeness (QED) is 0.649. The molecule has 0 bridgehead atoms. The number of amides is 1. The van der Waals surface area contributed by atoms with Crippen LogP contribution in [0.1, 0.15) is 25.3 Å². The molecule has 5 nitrogen and oxygen atoms in total. The minimum atomic E-state index is -0.806. The zero-order valence-electron chi connectivity index (χ0n) is 11.1. The van der Waals surface area contributed by atoms with E-state index in [0.29, 0.717) is 25.1 Å². The monoisotopic (exact) mass is 264 g/mol. The summed E-state index contributed by atoms with van der Waals surface area (Å²) in [6.07, 6.45) is 1.01. The van der Waals surface area contributed by atoms with E-state index in [9.17, 15) is 9.59 Å². The van der Waals surface area contributed by atoms with Gasteiger partial charge in [-0.3, -0.25) is 9.59 Å². The third kappa shape index (κ3) is 6.45. The molecule has 1 atom stereocenters. The van der Waals surface area contributed by atoms with Gasteiger partial charge in [0, 0.05) is 18.7 Å². The Morgan fingerprint density at radius 3 is 2.53 bits per heavy atom. The molecule has 0 aromatic heterocycles. The van der Waals surface area contributed by atoms with E-state index in [4.69, 9.17) is 10.8 Å². The van der Waals surface area contributed by atoms with Gasteiger partial charge in [0.2, 0.25) is 5.91 Å². The summed E-state index contributed by atoms with van der Waals surface area (Å²) in [5.41, 5.74) is 7.15. The molecular formula is C14H20N2O3. The summed E-state index contributed by atoms with van der Waals surface area (Å²) in [5, 5.41) is 11.4. The Hall–Kier alpha value is -2.04. The van der Waals surface area contributed by atoms with Gasteiger partial charge in [0.15, 0.2) is 0 Å². The fourth-order valence-corrected chi connectivity index (χ4v) is 1.64. The number of nitrogens with two attached hydrogens (primary N) is 1. The van der Waals surface area contributed by atoms with Crippen LogP contribution in [0.15, 0.2) is 24.3 Å². The summed E-state index contributed by atoms with van der Waals surface area (Å²) in [4.78, 5) is 22.1. The molecule has 0 aliphatic carbocycles. The molecule has 4 N–H and O–H groups in total. The first kappa shape index (κ1) is 15.0. The highest BCUT2D eigenvalue weighted by Crippen LogP contribution is 2.07. The van der Waals surface area contributed by atoms with Crippen molar-refractivity contribution in [1.29, 1.82) is 0 Å². The summed E-state index contributed by atoms with van der Waals surface area (Å²) in [7, 11) is 0. The van der Waals surface area contributed by atoms with E-state index < -0.39 is 5.97 Å². The van der Waals surface area contributed by atoms with Gasteiger partial charge < -0.3 is 16.2 Å². The zero-order chi connectivity index (χ0) is 14.3. The Kier molecular flexibility index (Phi) is 5.85. The zero-order valence-corrected chi connectivity index (χ0v) is 11.1. The van der Waals surface area contributed by atoms with Crippen LogP contribution in [0, 0.1) is 5.92 Å². The van der Waals surface area contributed by atoms with Crippen molar-refractivity contribution >= 4 is 17.6 Å². The van der Waals surface area contributed by atoms with Crippen molar-refractivity contribution in [2.75, 3.05) is 12.3 Å². The number of carboxylic acids is 1. The smallest absolute Gasteiger partial charge is 0.303 e. The van der Waals surface area contributed by atoms with E-state index in [-0.39, 0.29) is 18.2 Å². The van der Waals surface area contributed by atoms with Gasteiger partial charge in [-0.2, -0.15) is 0 Å². The molecule has 0 radical (unpaired) electrons. The van der Waals surface area contributed by atoms with Gasteiger partial charge in [0.1, 0.15) is 0 Å². The van der Waals surface area contributed by atoms with Gasteiger partial charge in [0.05, 0.1) is 6.42 Å². The van der Waals surface area contributed by atoms with Crippen molar-refractivity contribution in [3.05, 3.63) is 29.8 Å². The van der Waals surface area contributed by atoms with Crippen LogP contribution >= 0.6 is 0 Å². The summed E-state index contributed by atoms with van der Waals surface area (Å²) in [5.74, 6) is -0.710. The number of hydrogen-bond acceptors (Lipinski definition) is 3. The van der Waals surface area contributed by atoms with E-state index in [0.717, 1.165) is 5.56 Å². The minimum Gasteiger partial charge on any atom is -0.481 e. The second kappa shape index (κ2) is 7.41. The molecule has 0 spiro atoms. The number of anilines is 1. The number of aliphatic carboxylic acids is 1. The van der Waals surface area contributed by atoms with Crippen LogP contribution in [0.2, 0.25) is 0 Å². The number of nitrogens with one attached hydrogen (secondary N) is 1. The van der Waals surface area contributed by atoms with Gasteiger partial charge in [-0.25, -0.2) is 0 Å². The molecule has 0 aliphatic heterocycles. The largest absolute Gasteiger partial charge is 0.481 e. The van der Waals surface area contributed by atoms with Gasteiger partial charge >= 0.3 is 5.97 Å². The van der Waals surface area contributed by atoms with Crippen LogP contribution in [0.25, 0.3) is 0 Å². The van der Waals surface area contributed by atoms with Crippen LogP contribution < -0.4 is 11.1 Å². The number of hydrogen-bond donors (Lipinski definition) is 3. The van der Waals surface area contributed by atoms with Crippen molar-refractivity contribution in [2.24, 2.45) is 5.92 Å². The van der Waals surface area contributed by atoms with E-state index in [2.05, 4.69) is 5.32 Å². The molecule has 1 aromatic rings. The summed E-state index contributed by atoms with van der Waals surface area (Å²) in [6.45, 7) is 2.42. The van der Waals surface area contributed by atoms with Crippen molar-refractivity contribution in [1.82, 2.24) is 5.32 Å². The Morgan fingerprint density at radius 1 is 1.32 bits per heavy atom. The molecule has 0 saturated heterocycles.